The van der Waals surface area contributed by atoms with E-state index >= 15 is 0 Å². The Hall–Kier alpha value is -3.54. The van der Waals surface area contributed by atoms with Gasteiger partial charge in [0.25, 0.3) is 0 Å². The third-order valence-corrected chi connectivity index (χ3v) is 2.97. The van der Waals surface area contributed by atoms with Crippen molar-refractivity contribution in [3.63, 3.8) is 0 Å². The van der Waals surface area contributed by atoms with Crippen LogP contribution < -0.4 is 10.1 Å². The number of nitrogens with one attached hydrogen (secondary N) is 1. The monoisotopic (exact) mass is 318 g/mol. The van der Waals surface area contributed by atoms with Crippen molar-refractivity contribution in [3.8, 4) is 11.8 Å². The van der Waals surface area contributed by atoms with Crippen molar-refractivity contribution in [1.29, 1.82) is 0 Å². The number of carbonyl (C=O) groups excluding carboxylic acids is 1. The highest BCUT2D eigenvalue weighted by Gasteiger charge is 2.01. The van der Waals surface area contributed by atoms with Crippen LogP contribution >= 0.6 is 0 Å². The third kappa shape index (κ3) is 4.48. The molecule has 6 nitrogen and oxygen atoms in total. The lowest BCUT2D eigenvalue weighted by molar-refractivity contribution is -0.111. The fourth-order valence-corrected chi connectivity index (χ4v) is 1.87. The molecule has 2 heterocycles. The van der Waals surface area contributed by atoms with Crippen molar-refractivity contribution >= 4 is 17.7 Å². The topological polar surface area (TPSA) is 77.0 Å². The molecule has 3 aromatic rings. The predicted molar refractivity (Wildman–Crippen MR) is 90.4 cm³/mol. The molecule has 3 rings (SSSR count). The SMILES string of the molecule is O=C(/C=C/c1ccccn1)Nc1ccc(Oc2ncccn2)cc1. The number of carbonyl (C=O) groups is 1. The van der Waals surface area contributed by atoms with Crippen molar-refractivity contribution in [1.82, 2.24) is 15.0 Å². The van der Waals surface area contributed by atoms with Crippen molar-refractivity contribution < 1.29 is 9.53 Å². The van der Waals surface area contributed by atoms with Crippen LogP contribution in [0.25, 0.3) is 6.08 Å². The maximum absolute atomic E-state index is 11.9. The number of benzene rings is 1. The zero-order chi connectivity index (χ0) is 16.6. The van der Waals surface area contributed by atoms with Crippen LogP contribution in [0.4, 0.5) is 5.69 Å². The molecule has 0 saturated heterocycles. The molecule has 0 radical (unpaired) electrons. The molecule has 0 saturated carbocycles. The molecular formula is C18H14N4O2. The Kier molecular flexibility index (Phi) is 4.89. The van der Waals surface area contributed by atoms with Gasteiger partial charge >= 0.3 is 6.01 Å². The number of rotatable bonds is 5. The lowest BCUT2D eigenvalue weighted by Crippen LogP contribution is -2.07. The second-order valence-corrected chi connectivity index (χ2v) is 4.73. The zero-order valence-electron chi connectivity index (χ0n) is 12.7. The number of nitrogens with zero attached hydrogens (tertiary/aromatic N) is 3. The maximum Gasteiger partial charge on any atom is 0.321 e. The Morgan fingerprint density at radius 1 is 0.917 bits per heavy atom. The van der Waals surface area contributed by atoms with Crippen LogP contribution in [-0.4, -0.2) is 20.9 Å². The van der Waals surface area contributed by atoms with Crippen molar-refractivity contribution in [2.45, 2.75) is 0 Å². The van der Waals surface area contributed by atoms with Gasteiger partial charge in [-0.25, -0.2) is 9.97 Å². The number of hydrogen-bond donors (Lipinski definition) is 1. The largest absolute Gasteiger partial charge is 0.424 e. The van der Waals surface area contributed by atoms with Crippen molar-refractivity contribution in [3.05, 3.63) is 78.9 Å². The highest BCUT2D eigenvalue weighted by Crippen LogP contribution is 2.19. The molecule has 0 atom stereocenters. The molecule has 1 aromatic carbocycles. The first-order chi connectivity index (χ1) is 11.8. The first kappa shape index (κ1) is 15.4. The molecule has 0 bridgehead atoms. The van der Waals surface area contributed by atoms with E-state index in [4.69, 9.17) is 4.74 Å². The predicted octanol–water partition coefficient (Wildman–Crippen LogP) is 3.32. The smallest absolute Gasteiger partial charge is 0.321 e. The summed E-state index contributed by atoms with van der Waals surface area (Å²) in [5.41, 5.74) is 1.38. The first-order valence-electron chi connectivity index (χ1n) is 7.25. The summed E-state index contributed by atoms with van der Waals surface area (Å²) >= 11 is 0. The number of amides is 1. The number of hydrogen-bond acceptors (Lipinski definition) is 5. The molecule has 0 spiro atoms. The van der Waals surface area contributed by atoms with Gasteiger partial charge in [-0.3, -0.25) is 9.78 Å². The lowest BCUT2D eigenvalue weighted by Gasteiger charge is -2.05. The van der Waals surface area contributed by atoms with Gasteiger partial charge in [-0.2, -0.15) is 0 Å². The van der Waals surface area contributed by atoms with E-state index in [0.29, 0.717) is 11.4 Å². The average molecular weight is 318 g/mol. The van der Waals surface area contributed by atoms with Crippen LogP contribution in [0.1, 0.15) is 5.69 Å². The fourth-order valence-electron chi connectivity index (χ4n) is 1.87. The van der Waals surface area contributed by atoms with Crippen molar-refractivity contribution in [2.24, 2.45) is 0 Å². The van der Waals surface area contributed by atoms with Gasteiger partial charge < -0.3 is 10.1 Å². The normalized spacial score (nSPS) is 10.5. The minimum Gasteiger partial charge on any atom is -0.424 e. The maximum atomic E-state index is 11.9. The van der Waals surface area contributed by atoms with E-state index in [0.717, 1.165) is 5.69 Å². The van der Waals surface area contributed by atoms with Gasteiger partial charge in [-0.1, -0.05) is 6.07 Å². The van der Waals surface area contributed by atoms with E-state index < -0.39 is 0 Å². The summed E-state index contributed by atoms with van der Waals surface area (Å²) in [5, 5.41) is 2.76. The van der Waals surface area contributed by atoms with Crippen LogP contribution in [0.3, 0.4) is 0 Å². The molecule has 0 aliphatic carbocycles. The summed E-state index contributed by atoms with van der Waals surface area (Å²) in [6.07, 6.45) is 7.96. The third-order valence-electron chi connectivity index (χ3n) is 2.97. The molecule has 0 aliphatic rings. The summed E-state index contributed by atoms with van der Waals surface area (Å²) in [6, 6.07) is 14.4. The molecule has 24 heavy (non-hydrogen) atoms. The Balaban J connectivity index is 1.58. The average Bonchev–Trinajstić information content (AvgIpc) is 2.63. The Labute approximate surface area is 138 Å². The van der Waals surface area contributed by atoms with Crippen molar-refractivity contribution in [2.75, 3.05) is 5.32 Å². The van der Waals surface area contributed by atoms with E-state index in [1.807, 2.05) is 18.2 Å². The number of ether oxygens (including phenoxy) is 1. The molecule has 0 fully saturated rings. The van der Waals surface area contributed by atoms with Gasteiger partial charge in [0.1, 0.15) is 5.75 Å². The number of anilines is 1. The summed E-state index contributed by atoms with van der Waals surface area (Å²) < 4.78 is 5.49. The molecule has 0 aliphatic heterocycles. The van der Waals surface area contributed by atoms with Crippen LogP contribution in [-0.2, 0) is 4.79 Å². The molecule has 0 unspecified atom stereocenters. The van der Waals surface area contributed by atoms with Gasteiger partial charge in [0, 0.05) is 30.4 Å². The Morgan fingerprint density at radius 2 is 1.67 bits per heavy atom. The first-order valence-corrected chi connectivity index (χ1v) is 7.25. The second kappa shape index (κ2) is 7.64. The van der Waals surface area contributed by atoms with E-state index in [2.05, 4.69) is 20.3 Å². The minimum absolute atomic E-state index is 0.235. The van der Waals surface area contributed by atoms with E-state index in [1.54, 1.807) is 55.0 Å². The van der Waals surface area contributed by atoms with E-state index in [1.165, 1.54) is 6.08 Å². The van der Waals surface area contributed by atoms with Gasteiger partial charge in [0.05, 0.1) is 5.69 Å². The molecule has 6 heteroatoms. The standard InChI is InChI=1S/C18H14N4O2/c23-17(10-7-14-4-1-2-11-19-14)22-15-5-8-16(9-6-15)24-18-20-12-3-13-21-18/h1-13H,(H,22,23)/b10-7+. The summed E-state index contributed by atoms with van der Waals surface area (Å²) in [7, 11) is 0. The summed E-state index contributed by atoms with van der Waals surface area (Å²) in [5.74, 6) is 0.351. The van der Waals surface area contributed by atoms with Gasteiger partial charge in [-0.05, 0) is 48.5 Å². The summed E-state index contributed by atoms with van der Waals surface area (Å²) in [6.45, 7) is 0. The van der Waals surface area contributed by atoms with Crippen LogP contribution in [0.5, 0.6) is 11.8 Å². The highest BCUT2D eigenvalue weighted by molar-refractivity contribution is 6.01. The minimum atomic E-state index is -0.235. The lowest BCUT2D eigenvalue weighted by atomic mass is 10.3. The second-order valence-electron chi connectivity index (χ2n) is 4.73. The quantitative estimate of drug-likeness (QED) is 0.730. The number of pyridine rings is 1. The van der Waals surface area contributed by atoms with Gasteiger partial charge in [0.15, 0.2) is 0 Å². The molecule has 1 N–H and O–H groups in total. The van der Waals surface area contributed by atoms with Crippen LogP contribution in [0.2, 0.25) is 0 Å². The van der Waals surface area contributed by atoms with Gasteiger partial charge in [0.2, 0.25) is 5.91 Å². The van der Waals surface area contributed by atoms with E-state index in [-0.39, 0.29) is 11.9 Å². The Morgan fingerprint density at radius 3 is 2.38 bits per heavy atom. The molecule has 118 valence electrons. The van der Waals surface area contributed by atoms with Crippen LogP contribution in [0, 0.1) is 0 Å². The van der Waals surface area contributed by atoms with E-state index in [9.17, 15) is 4.79 Å². The molecule has 2 aromatic heterocycles. The number of aromatic nitrogens is 3. The van der Waals surface area contributed by atoms with Gasteiger partial charge in [-0.15, -0.1) is 0 Å². The summed E-state index contributed by atoms with van der Waals surface area (Å²) in [4.78, 5) is 24.0. The molecule has 1 amide bonds. The fraction of sp³-hybridized carbons (Fsp3) is 0. The molecular weight excluding hydrogens is 304 g/mol. The zero-order valence-corrected chi connectivity index (χ0v) is 12.7. The van der Waals surface area contributed by atoms with Crippen LogP contribution in [0.15, 0.2) is 73.2 Å². The Bertz CT molecular complexity index is 819. The highest BCUT2D eigenvalue weighted by atomic mass is 16.5.